The van der Waals surface area contributed by atoms with Gasteiger partial charge in [-0.3, -0.25) is 9.59 Å². The Kier molecular flexibility index (Phi) is 3.92. The van der Waals surface area contributed by atoms with Crippen molar-refractivity contribution in [2.75, 3.05) is 26.7 Å². The number of likely N-dealkylation sites (N-methyl/N-ethyl adjacent to an activating group) is 1. The van der Waals surface area contributed by atoms with Crippen molar-refractivity contribution in [3.63, 3.8) is 0 Å². The van der Waals surface area contributed by atoms with E-state index in [1.54, 1.807) is 11.9 Å². The molecule has 112 valence electrons. The number of benzene rings is 1. The van der Waals surface area contributed by atoms with Crippen molar-refractivity contribution in [2.45, 2.75) is 18.4 Å². The lowest BCUT2D eigenvalue weighted by Crippen LogP contribution is -2.59. The summed E-state index contributed by atoms with van der Waals surface area (Å²) in [5.74, 6) is 0.392. The number of nitrogens with one attached hydrogen (secondary N) is 2. The van der Waals surface area contributed by atoms with Gasteiger partial charge in [0.2, 0.25) is 11.8 Å². The zero-order valence-corrected chi connectivity index (χ0v) is 12.2. The van der Waals surface area contributed by atoms with Crippen LogP contribution in [0, 0.1) is 5.92 Å². The number of nitrogens with zero attached hydrogens (tertiary/aromatic N) is 1. The molecule has 1 saturated carbocycles. The third kappa shape index (κ3) is 2.78. The molecule has 1 aliphatic carbocycles. The Hall–Kier alpha value is -1.88. The van der Waals surface area contributed by atoms with E-state index in [0.717, 1.165) is 13.0 Å². The zero-order chi connectivity index (χ0) is 14.8. The molecule has 5 nitrogen and oxygen atoms in total. The highest BCUT2D eigenvalue weighted by molar-refractivity contribution is 5.90. The van der Waals surface area contributed by atoms with Crippen molar-refractivity contribution in [2.24, 2.45) is 5.92 Å². The summed E-state index contributed by atoms with van der Waals surface area (Å²) >= 11 is 0. The molecule has 0 spiro atoms. The second-order valence-corrected chi connectivity index (χ2v) is 5.73. The van der Waals surface area contributed by atoms with Crippen LogP contribution in [0.1, 0.15) is 17.9 Å². The van der Waals surface area contributed by atoms with Crippen LogP contribution < -0.4 is 10.6 Å². The third-order valence-corrected chi connectivity index (χ3v) is 4.41. The first-order valence-electron chi connectivity index (χ1n) is 7.50. The number of hydrogen-bond acceptors (Lipinski definition) is 3. The van der Waals surface area contributed by atoms with Crippen molar-refractivity contribution in [3.05, 3.63) is 35.9 Å². The highest BCUT2D eigenvalue weighted by Gasteiger charge is 2.47. The largest absolute Gasteiger partial charge is 0.357 e. The first kappa shape index (κ1) is 14.1. The number of amides is 2. The molecule has 2 amide bonds. The molecule has 1 aromatic carbocycles. The Labute approximate surface area is 124 Å². The Bertz CT molecular complexity index is 532. The fourth-order valence-corrected chi connectivity index (χ4v) is 3.12. The molecular weight excluding hydrogens is 266 g/mol. The maximum Gasteiger partial charge on any atom is 0.243 e. The van der Waals surface area contributed by atoms with E-state index in [0.29, 0.717) is 19.0 Å². The summed E-state index contributed by atoms with van der Waals surface area (Å²) < 4.78 is 0. The summed E-state index contributed by atoms with van der Waals surface area (Å²) in [7, 11) is 1.61. The van der Waals surface area contributed by atoms with E-state index in [-0.39, 0.29) is 23.8 Å². The van der Waals surface area contributed by atoms with Gasteiger partial charge in [-0.25, -0.2) is 0 Å². The number of carbonyl (C=O) groups excluding carboxylic acids is 2. The van der Waals surface area contributed by atoms with Gasteiger partial charge in [0.15, 0.2) is 0 Å². The van der Waals surface area contributed by atoms with Crippen LogP contribution in [0.2, 0.25) is 0 Å². The van der Waals surface area contributed by atoms with Crippen LogP contribution in [0.4, 0.5) is 0 Å². The molecule has 3 unspecified atom stereocenters. The van der Waals surface area contributed by atoms with Gasteiger partial charge in [-0.2, -0.15) is 0 Å². The Morgan fingerprint density at radius 3 is 2.76 bits per heavy atom. The van der Waals surface area contributed by atoms with E-state index in [4.69, 9.17) is 0 Å². The fourth-order valence-electron chi connectivity index (χ4n) is 3.12. The number of carbonyl (C=O) groups is 2. The average molecular weight is 287 g/mol. The van der Waals surface area contributed by atoms with Crippen LogP contribution in [0.15, 0.2) is 30.3 Å². The van der Waals surface area contributed by atoms with Crippen LogP contribution in [0.3, 0.4) is 0 Å². The smallest absolute Gasteiger partial charge is 0.243 e. The zero-order valence-electron chi connectivity index (χ0n) is 12.2. The Morgan fingerprint density at radius 1 is 1.29 bits per heavy atom. The first-order valence-corrected chi connectivity index (χ1v) is 7.50. The number of piperazine rings is 1. The van der Waals surface area contributed by atoms with E-state index in [1.807, 2.05) is 18.2 Å². The van der Waals surface area contributed by atoms with Crippen LogP contribution in [0.25, 0.3) is 0 Å². The summed E-state index contributed by atoms with van der Waals surface area (Å²) in [6.45, 7) is 1.89. The van der Waals surface area contributed by atoms with Gasteiger partial charge in [-0.1, -0.05) is 30.3 Å². The topological polar surface area (TPSA) is 61.4 Å². The SMILES string of the molecule is CNC(=O)C1CNCCN1C(=O)C1CC1c1ccccc1. The van der Waals surface area contributed by atoms with Gasteiger partial charge >= 0.3 is 0 Å². The minimum absolute atomic E-state index is 0.0395. The lowest BCUT2D eigenvalue weighted by atomic mass is 10.1. The van der Waals surface area contributed by atoms with Gasteiger partial charge in [-0.15, -0.1) is 0 Å². The summed E-state index contributed by atoms with van der Waals surface area (Å²) in [6.07, 6.45) is 0.896. The fraction of sp³-hybridized carbons (Fsp3) is 0.500. The quantitative estimate of drug-likeness (QED) is 0.842. The highest BCUT2D eigenvalue weighted by atomic mass is 16.2. The highest BCUT2D eigenvalue weighted by Crippen LogP contribution is 2.48. The molecule has 1 aliphatic heterocycles. The lowest BCUT2D eigenvalue weighted by molar-refractivity contribution is -0.142. The Morgan fingerprint density at radius 2 is 2.05 bits per heavy atom. The van der Waals surface area contributed by atoms with Gasteiger partial charge in [0.1, 0.15) is 6.04 Å². The van der Waals surface area contributed by atoms with E-state index in [2.05, 4.69) is 22.8 Å². The second kappa shape index (κ2) is 5.85. The predicted molar refractivity (Wildman–Crippen MR) is 79.7 cm³/mol. The summed E-state index contributed by atoms with van der Waals surface area (Å²) in [6, 6.07) is 9.77. The van der Waals surface area contributed by atoms with E-state index >= 15 is 0 Å². The molecular formula is C16H21N3O2. The van der Waals surface area contributed by atoms with Gasteiger partial charge in [0.25, 0.3) is 0 Å². The molecule has 21 heavy (non-hydrogen) atoms. The number of hydrogen-bond donors (Lipinski definition) is 2. The molecule has 2 aliphatic rings. The van der Waals surface area contributed by atoms with Gasteiger partial charge in [0, 0.05) is 32.6 Å². The molecule has 3 atom stereocenters. The van der Waals surface area contributed by atoms with E-state index < -0.39 is 0 Å². The van der Waals surface area contributed by atoms with Crippen LogP contribution in [-0.4, -0.2) is 49.4 Å². The van der Waals surface area contributed by atoms with Crippen molar-refractivity contribution < 1.29 is 9.59 Å². The van der Waals surface area contributed by atoms with Crippen molar-refractivity contribution in [1.82, 2.24) is 15.5 Å². The van der Waals surface area contributed by atoms with Crippen LogP contribution in [-0.2, 0) is 9.59 Å². The summed E-state index contributed by atoms with van der Waals surface area (Å²) in [4.78, 5) is 26.4. The van der Waals surface area contributed by atoms with Gasteiger partial charge in [-0.05, 0) is 17.9 Å². The molecule has 0 aromatic heterocycles. The van der Waals surface area contributed by atoms with Crippen molar-refractivity contribution in [1.29, 1.82) is 0 Å². The molecule has 1 heterocycles. The number of rotatable bonds is 3. The molecule has 0 radical (unpaired) electrons. The lowest BCUT2D eigenvalue weighted by Gasteiger charge is -2.35. The molecule has 5 heteroatoms. The van der Waals surface area contributed by atoms with Crippen molar-refractivity contribution in [3.8, 4) is 0 Å². The Balaban J connectivity index is 1.69. The third-order valence-electron chi connectivity index (χ3n) is 4.41. The average Bonchev–Trinajstić information content (AvgIpc) is 3.35. The molecule has 1 aromatic rings. The van der Waals surface area contributed by atoms with Gasteiger partial charge in [0.05, 0.1) is 0 Å². The molecule has 3 rings (SSSR count). The maximum absolute atomic E-state index is 12.7. The van der Waals surface area contributed by atoms with Gasteiger partial charge < -0.3 is 15.5 Å². The molecule has 2 fully saturated rings. The minimum Gasteiger partial charge on any atom is -0.357 e. The van der Waals surface area contributed by atoms with Crippen molar-refractivity contribution >= 4 is 11.8 Å². The molecule has 1 saturated heterocycles. The standard InChI is InChI=1S/C16H21N3O2/c1-17-15(20)14-10-18-7-8-19(14)16(21)13-9-12(13)11-5-3-2-4-6-11/h2-6,12-14,18H,7-10H2,1H3,(H,17,20). The molecule has 0 bridgehead atoms. The van der Waals surface area contributed by atoms with E-state index in [9.17, 15) is 9.59 Å². The summed E-state index contributed by atoms with van der Waals surface area (Å²) in [5, 5.41) is 5.83. The van der Waals surface area contributed by atoms with Crippen LogP contribution >= 0.6 is 0 Å². The normalized spacial score (nSPS) is 28.0. The maximum atomic E-state index is 12.7. The van der Waals surface area contributed by atoms with E-state index in [1.165, 1.54) is 5.56 Å². The summed E-state index contributed by atoms with van der Waals surface area (Å²) in [5.41, 5.74) is 1.22. The van der Waals surface area contributed by atoms with Crippen LogP contribution in [0.5, 0.6) is 0 Å². The monoisotopic (exact) mass is 287 g/mol. The molecule has 2 N–H and O–H groups in total. The minimum atomic E-state index is -0.381. The first-order chi connectivity index (χ1) is 10.2. The second-order valence-electron chi connectivity index (χ2n) is 5.73. The predicted octanol–water partition coefficient (Wildman–Crippen LogP) is 0.337.